The topological polar surface area (TPSA) is 13.1 Å². The number of para-hydroxylation sites is 1. The lowest BCUT2D eigenvalue weighted by Crippen LogP contribution is -2.14. The predicted octanol–water partition coefficient (Wildman–Crippen LogP) is 15.2. The Morgan fingerprint density at radius 2 is 0.982 bits per heavy atom. The zero-order valence-corrected chi connectivity index (χ0v) is 32.0. The molecule has 1 heterocycles. The van der Waals surface area contributed by atoms with Crippen molar-refractivity contribution in [1.29, 1.82) is 0 Å². The molecule has 0 saturated heterocycles. The molecule has 0 spiro atoms. The molecule has 0 N–H and O–H groups in total. The first-order valence-corrected chi connectivity index (χ1v) is 20.0. The van der Waals surface area contributed by atoms with E-state index in [1.165, 1.54) is 72.0 Å². The average Bonchev–Trinajstić information content (AvgIpc) is 3.75. The van der Waals surface area contributed by atoms with Crippen molar-refractivity contribution >= 4 is 32.7 Å². The van der Waals surface area contributed by atoms with E-state index in [-0.39, 0.29) is 11.3 Å². The number of rotatable bonds is 6. The average molecular weight is 729 g/mol. The van der Waals surface area contributed by atoms with Gasteiger partial charge in [-0.25, -0.2) is 0 Å². The fourth-order valence-electron chi connectivity index (χ4n) is 9.65. The van der Waals surface area contributed by atoms with E-state index in [1.54, 1.807) is 0 Å². The highest BCUT2D eigenvalue weighted by Gasteiger charge is 2.35. The fourth-order valence-corrected chi connectivity index (χ4v) is 9.65. The van der Waals surface area contributed by atoms with E-state index in [0.29, 0.717) is 0 Å². The van der Waals surface area contributed by atoms with Crippen molar-refractivity contribution in [3.63, 3.8) is 0 Å². The van der Waals surface area contributed by atoms with Gasteiger partial charge in [0.05, 0.1) is 0 Å². The lowest BCUT2D eigenvalue weighted by molar-refractivity contribution is 0.659. The minimum atomic E-state index is -0.109. The van der Waals surface area contributed by atoms with Gasteiger partial charge in [0.2, 0.25) is 0 Å². The van der Waals surface area contributed by atoms with Crippen molar-refractivity contribution in [2.75, 3.05) is 0 Å². The van der Waals surface area contributed by atoms with Crippen molar-refractivity contribution in [3.05, 3.63) is 228 Å². The van der Waals surface area contributed by atoms with E-state index >= 15 is 0 Å². The van der Waals surface area contributed by atoms with Gasteiger partial charge in [0, 0.05) is 33.2 Å². The highest BCUT2D eigenvalue weighted by molar-refractivity contribution is 6.19. The van der Waals surface area contributed by atoms with Gasteiger partial charge in [-0.05, 0) is 84.1 Å². The second kappa shape index (κ2) is 13.1. The number of benzene rings is 9. The maximum atomic E-state index is 7.37. The Morgan fingerprint density at radius 1 is 0.386 bits per heavy atom. The van der Waals surface area contributed by atoms with Gasteiger partial charge in [0.15, 0.2) is 0 Å². The van der Waals surface area contributed by atoms with Gasteiger partial charge in [0.1, 0.15) is 11.2 Å². The molecule has 10 aromatic rings. The molecule has 0 radical (unpaired) electrons. The summed E-state index contributed by atoms with van der Waals surface area (Å²) < 4.78 is 7.37. The van der Waals surface area contributed by atoms with Crippen LogP contribution in [0.2, 0.25) is 0 Å². The Hall–Kier alpha value is -6.96. The molecule has 0 bridgehead atoms. The van der Waals surface area contributed by atoms with Crippen LogP contribution in [0, 0.1) is 0 Å². The predicted molar refractivity (Wildman–Crippen MR) is 239 cm³/mol. The maximum Gasteiger partial charge on any atom is 0.143 e. The van der Waals surface area contributed by atoms with Crippen molar-refractivity contribution in [2.24, 2.45) is 0 Å². The second-order valence-corrected chi connectivity index (χ2v) is 16.0. The Kier molecular flexibility index (Phi) is 7.66. The minimum Gasteiger partial charge on any atom is -0.455 e. The zero-order chi connectivity index (χ0) is 38.1. The van der Waals surface area contributed by atoms with E-state index < -0.39 is 0 Å². The van der Waals surface area contributed by atoms with E-state index in [4.69, 9.17) is 4.42 Å². The van der Waals surface area contributed by atoms with Crippen LogP contribution >= 0.6 is 0 Å². The van der Waals surface area contributed by atoms with E-state index in [2.05, 4.69) is 214 Å². The van der Waals surface area contributed by atoms with Gasteiger partial charge < -0.3 is 4.42 Å². The molecule has 0 saturated carbocycles. The zero-order valence-electron chi connectivity index (χ0n) is 32.0. The Balaban J connectivity index is 1.16. The summed E-state index contributed by atoms with van der Waals surface area (Å²) in [6.07, 6.45) is 0. The van der Waals surface area contributed by atoms with Crippen LogP contribution in [0.15, 0.2) is 205 Å². The molecule has 9 aromatic carbocycles. The van der Waals surface area contributed by atoms with Crippen LogP contribution in [0.25, 0.3) is 77.2 Å². The van der Waals surface area contributed by atoms with E-state index in [9.17, 15) is 0 Å². The van der Waals surface area contributed by atoms with Crippen LogP contribution in [0.5, 0.6) is 0 Å². The summed E-state index contributed by atoms with van der Waals surface area (Å²) in [5.74, 6) is -0.0901. The van der Waals surface area contributed by atoms with Crippen LogP contribution in [-0.2, 0) is 5.41 Å². The van der Waals surface area contributed by atoms with E-state index in [0.717, 1.165) is 33.1 Å². The van der Waals surface area contributed by atoms with Crippen LogP contribution in [0.3, 0.4) is 0 Å². The van der Waals surface area contributed by atoms with Gasteiger partial charge in [0.25, 0.3) is 0 Å². The van der Waals surface area contributed by atoms with Crippen LogP contribution in [0.1, 0.15) is 47.6 Å². The Bertz CT molecular complexity index is 3130. The molecule has 0 amide bonds. The van der Waals surface area contributed by atoms with E-state index in [1.807, 2.05) is 0 Å². The summed E-state index contributed by atoms with van der Waals surface area (Å²) in [4.78, 5) is 0. The highest BCUT2D eigenvalue weighted by Crippen LogP contribution is 2.51. The number of hydrogen-bond acceptors (Lipinski definition) is 1. The molecule has 1 atom stereocenters. The van der Waals surface area contributed by atoms with Gasteiger partial charge >= 0.3 is 0 Å². The normalized spacial score (nSPS) is 13.5. The number of furan rings is 1. The Labute approximate surface area is 333 Å². The van der Waals surface area contributed by atoms with Crippen molar-refractivity contribution < 1.29 is 4.42 Å². The molecule has 57 heavy (non-hydrogen) atoms. The maximum absolute atomic E-state index is 7.37. The van der Waals surface area contributed by atoms with Gasteiger partial charge in [-0.15, -0.1) is 0 Å². The number of hydrogen-bond donors (Lipinski definition) is 0. The summed E-state index contributed by atoms with van der Waals surface area (Å²) in [6, 6.07) is 73.2. The van der Waals surface area contributed by atoms with Crippen LogP contribution < -0.4 is 0 Å². The quantitative estimate of drug-likeness (QED) is 0.155. The van der Waals surface area contributed by atoms with Gasteiger partial charge in [-0.1, -0.05) is 202 Å². The summed E-state index contributed by atoms with van der Waals surface area (Å²) in [5, 5.41) is 4.67. The molecule has 0 aliphatic heterocycles. The molecule has 1 aromatic heterocycles. The van der Waals surface area contributed by atoms with Crippen LogP contribution in [-0.4, -0.2) is 0 Å². The fraction of sp³-hybridized carbons (Fsp3) is 0.0714. The van der Waals surface area contributed by atoms with Crippen molar-refractivity contribution in [1.82, 2.24) is 0 Å². The number of fused-ring (bicyclic) bond motifs is 7. The first-order chi connectivity index (χ1) is 28.0. The molecule has 1 aliphatic rings. The summed E-state index contributed by atoms with van der Waals surface area (Å²) in [5.41, 5.74) is 17.9. The third-order valence-corrected chi connectivity index (χ3v) is 12.4. The minimum absolute atomic E-state index is 0.0901. The third-order valence-electron chi connectivity index (χ3n) is 12.4. The molecule has 1 nitrogen and oxygen atoms in total. The second-order valence-electron chi connectivity index (χ2n) is 16.0. The smallest absolute Gasteiger partial charge is 0.143 e. The van der Waals surface area contributed by atoms with Gasteiger partial charge in [-0.2, -0.15) is 0 Å². The summed E-state index contributed by atoms with van der Waals surface area (Å²) in [7, 11) is 0. The molecule has 11 rings (SSSR count). The SMILES string of the molecule is CC1(C)c2ccccc2-c2ccc(-c3c4ccccc4cc4c3oc3c(C(c5ccc(-c6ccccc6)cc5)c5ccccc5-c5ccccc5)cccc34)cc21. The lowest BCUT2D eigenvalue weighted by atomic mass is 9.80. The lowest BCUT2D eigenvalue weighted by Gasteiger charge is -2.23. The standard InChI is InChI=1S/C56H40O/c1-56(2)50-27-14-13-23-44(50)45-33-32-41(35-51(45)56)53-43-22-10-9-20-40(43)34-49-47-25-15-26-48(54(47)57-55(49)53)52(39-30-28-37(29-31-39)36-16-5-3-6-17-36)46-24-12-11-21-42(46)38-18-7-4-8-19-38/h3-35,52H,1-2H3. The molecular weight excluding hydrogens is 689 g/mol. The summed E-state index contributed by atoms with van der Waals surface area (Å²) >= 11 is 0. The molecular formula is C56H40O. The van der Waals surface area contributed by atoms with Crippen molar-refractivity contribution in [2.45, 2.75) is 25.2 Å². The Morgan fingerprint density at radius 3 is 1.79 bits per heavy atom. The van der Waals surface area contributed by atoms with Crippen molar-refractivity contribution in [3.8, 4) is 44.5 Å². The third kappa shape index (κ3) is 5.30. The molecule has 1 aliphatic carbocycles. The first-order valence-electron chi connectivity index (χ1n) is 20.0. The molecule has 270 valence electrons. The highest BCUT2D eigenvalue weighted by atomic mass is 16.3. The van der Waals surface area contributed by atoms with Crippen LogP contribution in [0.4, 0.5) is 0 Å². The summed E-state index contributed by atoms with van der Waals surface area (Å²) in [6.45, 7) is 4.71. The molecule has 1 heteroatoms. The first kappa shape index (κ1) is 33.4. The molecule has 0 fully saturated rings. The van der Waals surface area contributed by atoms with Gasteiger partial charge in [-0.3, -0.25) is 0 Å². The largest absolute Gasteiger partial charge is 0.455 e. The molecule has 1 unspecified atom stereocenters. The monoisotopic (exact) mass is 728 g/mol.